The zero-order valence-corrected chi connectivity index (χ0v) is 16.8. The third-order valence-corrected chi connectivity index (χ3v) is 7.02. The Hall–Kier alpha value is -1.44. The van der Waals surface area contributed by atoms with Gasteiger partial charge in [0.2, 0.25) is 15.9 Å². The van der Waals surface area contributed by atoms with Crippen molar-refractivity contribution in [1.29, 1.82) is 0 Å². The van der Waals surface area contributed by atoms with Gasteiger partial charge in [-0.2, -0.15) is 4.31 Å². The Kier molecular flexibility index (Phi) is 7.20. The molecule has 1 aromatic rings. The smallest absolute Gasteiger partial charge is 0.243 e. The first-order chi connectivity index (χ1) is 12.2. The fraction of sp³-hybridized carbons (Fsp3) is 0.632. The first-order valence-corrected chi connectivity index (χ1v) is 10.7. The number of nitrogens with two attached hydrogens (primary N) is 1. The second kappa shape index (κ2) is 8.97. The lowest BCUT2D eigenvalue weighted by Crippen LogP contribution is -2.46. The minimum Gasteiger partial charge on any atom is -0.345 e. The molecule has 1 aliphatic heterocycles. The van der Waals surface area contributed by atoms with Gasteiger partial charge >= 0.3 is 0 Å². The van der Waals surface area contributed by atoms with Gasteiger partial charge in [0.05, 0.1) is 10.8 Å². The van der Waals surface area contributed by atoms with Gasteiger partial charge in [-0.05, 0) is 37.3 Å². The summed E-state index contributed by atoms with van der Waals surface area (Å²) in [7, 11) is -1.77. The average Bonchev–Trinajstić information content (AvgIpc) is 2.65. The maximum absolute atomic E-state index is 12.8. The van der Waals surface area contributed by atoms with E-state index in [4.69, 9.17) is 5.73 Å². The summed E-state index contributed by atoms with van der Waals surface area (Å²) in [5, 5.41) is 0. The molecule has 2 unspecified atom stereocenters. The summed E-state index contributed by atoms with van der Waals surface area (Å²) in [6.45, 7) is 5.44. The predicted molar refractivity (Wildman–Crippen MR) is 103 cm³/mol. The number of carbonyl (C=O) groups excluding carboxylic acids is 1. The van der Waals surface area contributed by atoms with Gasteiger partial charge in [-0.15, -0.1) is 0 Å². The molecule has 146 valence electrons. The molecular weight excluding hydrogens is 350 g/mol. The standard InChI is InChI=1S/C19H31N3O3S/c1-15(2)18(20)11-13-21(3)19(23)16-8-7-12-22(14-16)26(24,25)17-9-5-4-6-10-17/h4-6,9-10,15-16,18H,7-8,11-14,20H2,1-3H3. The molecule has 1 aromatic carbocycles. The molecule has 7 heteroatoms. The van der Waals surface area contributed by atoms with Crippen molar-refractivity contribution in [2.24, 2.45) is 17.6 Å². The number of carbonyl (C=O) groups is 1. The molecule has 2 atom stereocenters. The number of rotatable bonds is 7. The zero-order valence-electron chi connectivity index (χ0n) is 16.0. The van der Waals surface area contributed by atoms with Crippen molar-refractivity contribution < 1.29 is 13.2 Å². The van der Waals surface area contributed by atoms with Crippen molar-refractivity contribution >= 4 is 15.9 Å². The van der Waals surface area contributed by atoms with Crippen LogP contribution in [0, 0.1) is 11.8 Å². The van der Waals surface area contributed by atoms with Crippen molar-refractivity contribution in [2.45, 2.75) is 44.0 Å². The van der Waals surface area contributed by atoms with E-state index in [1.165, 1.54) is 4.31 Å². The summed E-state index contributed by atoms with van der Waals surface area (Å²) >= 11 is 0. The SMILES string of the molecule is CC(C)C(N)CCN(C)C(=O)C1CCCN(S(=O)(=O)c2ccccc2)C1. The quantitative estimate of drug-likeness (QED) is 0.782. The topological polar surface area (TPSA) is 83.7 Å². The molecule has 0 aromatic heterocycles. The van der Waals surface area contributed by atoms with Gasteiger partial charge in [-0.1, -0.05) is 32.0 Å². The Labute approximate surface area is 157 Å². The zero-order chi connectivity index (χ0) is 19.3. The molecular formula is C19H31N3O3S. The molecule has 0 saturated carbocycles. The second-order valence-corrected chi connectivity index (χ2v) is 9.41. The van der Waals surface area contributed by atoms with Crippen LogP contribution in [0.1, 0.15) is 33.1 Å². The Bertz CT molecular complexity index is 691. The monoisotopic (exact) mass is 381 g/mol. The Balaban J connectivity index is 2.00. The Morgan fingerprint density at radius 1 is 1.31 bits per heavy atom. The van der Waals surface area contributed by atoms with E-state index >= 15 is 0 Å². The van der Waals surface area contributed by atoms with Crippen LogP contribution in [0.25, 0.3) is 0 Å². The number of nitrogens with zero attached hydrogens (tertiary/aromatic N) is 2. The number of piperidine rings is 1. The van der Waals surface area contributed by atoms with Gasteiger partial charge in [0.1, 0.15) is 0 Å². The average molecular weight is 382 g/mol. The highest BCUT2D eigenvalue weighted by Gasteiger charge is 2.34. The first-order valence-electron chi connectivity index (χ1n) is 9.29. The van der Waals surface area contributed by atoms with Gasteiger partial charge in [-0.25, -0.2) is 8.42 Å². The lowest BCUT2D eigenvalue weighted by molar-refractivity contribution is -0.135. The van der Waals surface area contributed by atoms with E-state index in [1.54, 1.807) is 42.3 Å². The van der Waals surface area contributed by atoms with Gasteiger partial charge in [-0.3, -0.25) is 4.79 Å². The predicted octanol–water partition coefficient (Wildman–Crippen LogP) is 1.92. The van der Waals surface area contributed by atoms with Crippen molar-refractivity contribution in [3.63, 3.8) is 0 Å². The first kappa shape index (κ1) is 20.9. The summed E-state index contributed by atoms with van der Waals surface area (Å²) < 4.78 is 27.0. The highest BCUT2D eigenvalue weighted by molar-refractivity contribution is 7.89. The van der Waals surface area contributed by atoms with Crippen LogP contribution in [0.15, 0.2) is 35.2 Å². The van der Waals surface area contributed by atoms with Gasteiger partial charge < -0.3 is 10.6 Å². The summed E-state index contributed by atoms with van der Waals surface area (Å²) in [5.41, 5.74) is 6.06. The number of hydrogen-bond donors (Lipinski definition) is 1. The highest BCUT2D eigenvalue weighted by Crippen LogP contribution is 2.24. The van der Waals surface area contributed by atoms with Gasteiger partial charge in [0, 0.05) is 32.7 Å². The number of sulfonamides is 1. The minimum atomic E-state index is -3.55. The maximum Gasteiger partial charge on any atom is 0.243 e. The molecule has 6 nitrogen and oxygen atoms in total. The van der Waals surface area contributed by atoms with E-state index in [1.807, 2.05) is 0 Å². The lowest BCUT2D eigenvalue weighted by atomic mass is 9.97. The second-order valence-electron chi connectivity index (χ2n) is 7.47. The van der Waals surface area contributed by atoms with Gasteiger partial charge in [0.15, 0.2) is 0 Å². The van der Waals surface area contributed by atoms with E-state index < -0.39 is 10.0 Å². The number of amides is 1. The van der Waals surface area contributed by atoms with Crippen LogP contribution in [0.3, 0.4) is 0 Å². The molecule has 0 bridgehead atoms. The van der Waals surface area contributed by atoms with Gasteiger partial charge in [0.25, 0.3) is 0 Å². The van der Waals surface area contributed by atoms with Crippen molar-refractivity contribution in [2.75, 3.05) is 26.7 Å². The number of hydrogen-bond acceptors (Lipinski definition) is 4. The summed E-state index contributed by atoms with van der Waals surface area (Å²) in [6, 6.07) is 8.47. The molecule has 1 fully saturated rings. The maximum atomic E-state index is 12.8. The van der Waals surface area contributed by atoms with Crippen LogP contribution in [0.2, 0.25) is 0 Å². The van der Waals surface area contributed by atoms with Crippen LogP contribution in [0.5, 0.6) is 0 Å². The summed E-state index contributed by atoms with van der Waals surface area (Å²) in [4.78, 5) is 14.7. The normalized spacial score (nSPS) is 20.1. The Morgan fingerprint density at radius 3 is 2.58 bits per heavy atom. The van der Waals surface area contributed by atoms with E-state index in [2.05, 4.69) is 13.8 Å². The van der Waals surface area contributed by atoms with E-state index in [-0.39, 0.29) is 29.3 Å². The highest BCUT2D eigenvalue weighted by atomic mass is 32.2. The molecule has 1 saturated heterocycles. The molecule has 1 amide bonds. The molecule has 0 radical (unpaired) electrons. The molecule has 2 rings (SSSR count). The molecule has 1 aliphatic rings. The van der Waals surface area contributed by atoms with Crippen LogP contribution in [0.4, 0.5) is 0 Å². The Morgan fingerprint density at radius 2 is 1.96 bits per heavy atom. The van der Waals surface area contributed by atoms with E-state index in [0.717, 1.165) is 12.8 Å². The third kappa shape index (κ3) is 5.05. The number of benzene rings is 1. The molecule has 0 aliphatic carbocycles. The third-order valence-electron chi connectivity index (χ3n) is 5.14. The van der Waals surface area contributed by atoms with Crippen LogP contribution in [-0.4, -0.2) is 56.3 Å². The fourth-order valence-corrected chi connectivity index (χ4v) is 4.75. The largest absolute Gasteiger partial charge is 0.345 e. The molecule has 0 spiro atoms. The molecule has 1 heterocycles. The van der Waals surface area contributed by atoms with Crippen LogP contribution in [-0.2, 0) is 14.8 Å². The van der Waals surface area contributed by atoms with Crippen molar-refractivity contribution in [3.05, 3.63) is 30.3 Å². The van der Waals surface area contributed by atoms with Crippen LogP contribution < -0.4 is 5.73 Å². The lowest BCUT2D eigenvalue weighted by Gasteiger charge is -2.33. The summed E-state index contributed by atoms with van der Waals surface area (Å²) in [6.07, 6.45) is 2.17. The van der Waals surface area contributed by atoms with Crippen molar-refractivity contribution in [1.82, 2.24) is 9.21 Å². The van der Waals surface area contributed by atoms with Crippen LogP contribution >= 0.6 is 0 Å². The summed E-state index contributed by atoms with van der Waals surface area (Å²) in [5.74, 6) is 0.0936. The minimum absolute atomic E-state index is 0.00826. The van der Waals surface area contributed by atoms with E-state index in [9.17, 15) is 13.2 Å². The van der Waals surface area contributed by atoms with E-state index in [0.29, 0.717) is 25.4 Å². The molecule has 26 heavy (non-hydrogen) atoms. The molecule has 2 N–H and O–H groups in total. The fourth-order valence-electron chi connectivity index (χ4n) is 3.20. The van der Waals surface area contributed by atoms with Crippen molar-refractivity contribution in [3.8, 4) is 0 Å².